The van der Waals surface area contributed by atoms with E-state index in [9.17, 15) is 0 Å². The summed E-state index contributed by atoms with van der Waals surface area (Å²) in [5, 5.41) is 2.70. The van der Waals surface area contributed by atoms with Crippen molar-refractivity contribution in [3.63, 3.8) is 0 Å². The van der Waals surface area contributed by atoms with Gasteiger partial charge < -0.3 is 0 Å². The summed E-state index contributed by atoms with van der Waals surface area (Å²) in [4.78, 5) is 0. The molecule has 1 atom stereocenters. The smallest absolute Gasteiger partial charge is 0.207 e. The van der Waals surface area contributed by atoms with Crippen LogP contribution in [-0.2, 0) is 37.3 Å². The highest BCUT2D eigenvalue weighted by Crippen LogP contribution is 2.53. The molecule has 3 heteroatoms. The summed E-state index contributed by atoms with van der Waals surface area (Å²) in [5.41, 5.74) is 13.2. The molecule has 47 heavy (non-hydrogen) atoms. The van der Waals surface area contributed by atoms with E-state index in [1.165, 1.54) is 73.9 Å². The number of nitrogens with zero attached hydrogens (tertiary/aromatic N) is 2. The van der Waals surface area contributed by atoms with Crippen molar-refractivity contribution in [2.24, 2.45) is 13.0 Å². The SMILES string of the molecule is CCCCc1ccc2c3c4[n+](ccc13)C(CC)(CC)C(Cc1ccc(C)cc1-c1cc(C)cc[n+]1C)Cc1ccc(F)c(c1-4)C2(C)C. The van der Waals surface area contributed by atoms with Crippen LogP contribution >= 0.6 is 0 Å². The van der Waals surface area contributed by atoms with Crippen molar-refractivity contribution < 1.29 is 13.5 Å². The lowest BCUT2D eigenvalue weighted by atomic mass is 9.67. The second kappa shape index (κ2) is 11.7. The average Bonchev–Trinajstić information content (AvgIpc) is 3.17. The molecule has 1 unspecified atom stereocenters. The van der Waals surface area contributed by atoms with E-state index in [4.69, 9.17) is 0 Å². The number of pyridine rings is 2. The van der Waals surface area contributed by atoms with E-state index < -0.39 is 5.41 Å². The van der Waals surface area contributed by atoms with Crippen LogP contribution in [0.5, 0.6) is 0 Å². The lowest BCUT2D eigenvalue weighted by Gasteiger charge is -2.37. The van der Waals surface area contributed by atoms with E-state index in [0.717, 1.165) is 43.2 Å². The van der Waals surface area contributed by atoms with Crippen LogP contribution in [0.25, 0.3) is 33.3 Å². The molecule has 2 nitrogen and oxygen atoms in total. The topological polar surface area (TPSA) is 7.76 Å². The number of rotatable bonds is 8. The monoisotopic (exact) mass is 626 g/mol. The van der Waals surface area contributed by atoms with E-state index in [0.29, 0.717) is 5.92 Å². The van der Waals surface area contributed by atoms with Gasteiger partial charge in [0.2, 0.25) is 11.4 Å². The summed E-state index contributed by atoms with van der Waals surface area (Å²) in [6.07, 6.45) is 11.9. The Balaban J connectivity index is 1.52. The second-order valence-electron chi connectivity index (χ2n) is 15.1. The van der Waals surface area contributed by atoms with Gasteiger partial charge in [0.05, 0.1) is 10.9 Å². The normalized spacial score (nSPS) is 17.2. The van der Waals surface area contributed by atoms with Gasteiger partial charge in [0, 0.05) is 53.5 Å². The molecule has 0 bridgehead atoms. The Morgan fingerprint density at radius 1 is 0.851 bits per heavy atom. The van der Waals surface area contributed by atoms with Gasteiger partial charge in [0.15, 0.2) is 17.9 Å². The molecule has 0 amide bonds. The van der Waals surface area contributed by atoms with Gasteiger partial charge in [0.1, 0.15) is 12.9 Å². The molecule has 0 N–H and O–H groups in total. The minimum Gasteiger partial charge on any atom is -0.207 e. The minimum absolute atomic E-state index is 0.0807. The van der Waals surface area contributed by atoms with Crippen molar-refractivity contribution in [3.8, 4) is 22.5 Å². The highest BCUT2D eigenvalue weighted by atomic mass is 19.1. The van der Waals surface area contributed by atoms with Gasteiger partial charge in [-0.25, -0.2) is 8.96 Å². The Labute approximate surface area is 281 Å². The molecule has 242 valence electrons. The van der Waals surface area contributed by atoms with Crippen LogP contribution in [0.3, 0.4) is 0 Å². The number of hydrogen-bond donors (Lipinski definition) is 0. The predicted octanol–water partition coefficient (Wildman–Crippen LogP) is 9.95. The molecule has 3 heterocycles. The zero-order valence-electron chi connectivity index (χ0n) is 29.7. The van der Waals surface area contributed by atoms with Crippen LogP contribution in [0.2, 0.25) is 0 Å². The van der Waals surface area contributed by atoms with E-state index in [1.54, 1.807) is 6.07 Å². The van der Waals surface area contributed by atoms with Gasteiger partial charge >= 0.3 is 0 Å². The minimum atomic E-state index is -0.436. The van der Waals surface area contributed by atoms with Gasteiger partial charge in [0.25, 0.3) is 0 Å². The third-order valence-electron chi connectivity index (χ3n) is 12.0. The maximum Gasteiger partial charge on any atom is 0.221 e. The highest BCUT2D eigenvalue weighted by Gasteiger charge is 2.52. The van der Waals surface area contributed by atoms with Gasteiger partial charge in [-0.05, 0) is 84.9 Å². The Kier molecular flexibility index (Phi) is 7.89. The summed E-state index contributed by atoms with van der Waals surface area (Å²) in [6, 6.07) is 22.5. The molecule has 5 aromatic rings. The zero-order valence-corrected chi connectivity index (χ0v) is 29.7. The fourth-order valence-corrected chi connectivity index (χ4v) is 9.38. The molecule has 2 aliphatic rings. The number of aromatic nitrogens is 2. The first-order valence-electron chi connectivity index (χ1n) is 17.9. The number of hydrogen-bond acceptors (Lipinski definition) is 0. The molecule has 3 aromatic carbocycles. The van der Waals surface area contributed by atoms with Crippen LogP contribution < -0.4 is 9.13 Å². The third kappa shape index (κ3) is 4.79. The molecule has 7 rings (SSSR count). The van der Waals surface area contributed by atoms with Crippen molar-refractivity contribution in [2.75, 3.05) is 0 Å². The standard InChI is InChI=1S/C44H51FN2/c1-9-12-13-30-16-18-36-40-34(30)21-23-47-42(40)39-32(17-19-37(45)41(39)43(36,6)7)27-33(44(47,10-2)11-3)26-31-15-14-28(4)24-35(31)38-25-29(5)20-22-46(38)8/h14-25,33H,9-13,26-27H2,1-8H3/q+2. The third-order valence-corrected chi connectivity index (χ3v) is 12.0. The van der Waals surface area contributed by atoms with Crippen LogP contribution in [0.15, 0.2) is 73.1 Å². The Hall–Kier alpha value is -3.85. The molecule has 0 saturated carbocycles. The summed E-state index contributed by atoms with van der Waals surface area (Å²) in [7, 11) is 2.15. The lowest BCUT2D eigenvalue weighted by Crippen LogP contribution is -2.61. The van der Waals surface area contributed by atoms with Crippen molar-refractivity contribution in [1.29, 1.82) is 0 Å². The lowest BCUT2D eigenvalue weighted by molar-refractivity contribution is -0.763. The number of aryl methyl sites for hydroxylation is 4. The Morgan fingerprint density at radius 3 is 2.34 bits per heavy atom. The largest absolute Gasteiger partial charge is 0.221 e. The van der Waals surface area contributed by atoms with E-state index >= 15 is 4.39 Å². The van der Waals surface area contributed by atoms with Gasteiger partial charge in [-0.3, -0.25) is 0 Å². The summed E-state index contributed by atoms with van der Waals surface area (Å²) >= 11 is 0. The summed E-state index contributed by atoms with van der Waals surface area (Å²) in [5.74, 6) is 0.241. The van der Waals surface area contributed by atoms with Crippen molar-refractivity contribution in [2.45, 2.75) is 104 Å². The van der Waals surface area contributed by atoms with E-state index in [1.807, 2.05) is 0 Å². The van der Waals surface area contributed by atoms with Gasteiger partial charge in [-0.15, -0.1) is 0 Å². The van der Waals surface area contributed by atoms with E-state index in [-0.39, 0.29) is 11.4 Å². The molecule has 0 saturated heterocycles. The van der Waals surface area contributed by atoms with Crippen LogP contribution in [0.4, 0.5) is 4.39 Å². The fourth-order valence-electron chi connectivity index (χ4n) is 9.38. The Morgan fingerprint density at radius 2 is 1.60 bits per heavy atom. The zero-order chi connectivity index (χ0) is 33.2. The molecule has 0 radical (unpaired) electrons. The van der Waals surface area contributed by atoms with Crippen molar-refractivity contribution in [1.82, 2.24) is 0 Å². The number of benzene rings is 3. The Bertz CT molecular complexity index is 2030. The number of halogens is 1. The average molecular weight is 627 g/mol. The predicted molar refractivity (Wildman–Crippen MR) is 192 cm³/mol. The first kappa shape index (κ1) is 31.7. The molecule has 1 aliphatic heterocycles. The van der Waals surface area contributed by atoms with Crippen LogP contribution in [-0.4, -0.2) is 0 Å². The summed E-state index contributed by atoms with van der Waals surface area (Å²) in [6.45, 7) is 15.9. The van der Waals surface area contributed by atoms with Crippen LogP contribution in [0, 0.1) is 25.6 Å². The van der Waals surface area contributed by atoms with Crippen molar-refractivity contribution >= 4 is 10.8 Å². The highest BCUT2D eigenvalue weighted by molar-refractivity contribution is 6.02. The molecule has 0 fully saturated rings. The van der Waals surface area contributed by atoms with Gasteiger partial charge in [-0.1, -0.05) is 76.9 Å². The fraction of sp³-hybridized carbons (Fsp3) is 0.409. The first-order chi connectivity index (χ1) is 22.5. The molecular weight excluding hydrogens is 575 g/mol. The van der Waals surface area contributed by atoms with Crippen molar-refractivity contribution in [3.05, 3.63) is 118 Å². The first-order valence-corrected chi connectivity index (χ1v) is 17.9. The maximum atomic E-state index is 16.3. The second-order valence-corrected chi connectivity index (χ2v) is 15.1. The molecular formula is C44H51FN2+2. The summed E-state index contributed by atoms with van der Waals surface area (Å²) < 4.78 is 21.2. The molecule has 0 spiro atoms. The van der Waals surface area contributed by atoms with E-state index in [2.05, 4.69) is 132 Å². The van der Waals surface area contributed by atoms with Gasteiger partial charge in [-0.2, -0.15) is 4.57 Å². The maximum absolute atomic E-state index is 16.3. The number of unbranched alkanes of at least 4 members (excludes halogenated alkanes) is 1. The molecule has 1 aliphatic carbocycles. The molecule has 2 aromatic heterocycles. The quantitative estimate of drug-likeness (QED) is 0.152. The van der Waals surface area contributed by atoms with Crippen LogP contribution in [0.1, 0.15) is 99.2 Å².